The molecule has 0 fully saturated rings. The summed E-state index contributed by atoms with van der Waals surface area (Å²) in [6.07, 6.45) is 2.18. The maximum atomic E-state index is 12.6. The molecule has 1 heterocycles. The van der Waals surface area contributed by atoms with Crippen molar-refractivity contribution < 1.29 is 14.3 Å². The van der Waals surface area contributed by atoms with E-state index in [2.05, 4.69) is 11.9 Å². The highest BCUT2D eigenvalue weighted by atomic mass is 16.5. The summed E-state index contributed by atoms with van der Waals surface area (Å²) in [5.41, 5.74) is 4.34. The largest absolute Gasteiger partial charge is 0.468 e. The van der Waals surface area contributed by atoms with Crippen LogP contribution < -0.4 is 5.32 Å². The van der Waals surface area contributed by atoms with E-state index in [9.17, 15) is 9.59 Å². The van der Waals surface area contributed by atoms with Crippen molar-refractivity contribution in [1.82, 2.24) is 5.32 Å². The third-order valence-corrected chi connectivity index (χ3v) is 4.68. The predicted octanol–water partition coefficient (Wildman–Crippen LogP) is 2.99. The number of ketones is 1. The van der Waals surface area contributed by atoms with Gasteiger partial charge in [0.1, 0.15) is 5.92 Å². The summed E-state index contributed by atoms with van der Waals surface area (Å²) in [5.74, 6) is -1.15. The Morgan fingerprint density at radius 2 is 1.96 bits per heavy atom. The minimum absolute atomic E-state index is 0.116. The second-order valence-corrected chi connectivity index (χ2v) is 6.21. The fourth-order valence-electron chi connectivity index (χ4n) is 3.53. The molecule has 0 spiro atoms. The molecule has 4 heteroatoms. The first-order valence-electron chi connectivity index (χ1n) is 7.89. The maximum absolute atomic E-state index is 12.6. The fraction of sp³-hybridized carbons (Fsp3) is 0.368. The predicted molar refractivity (Wildman–Crippen MR) is 87.6 cm³/mol. The molecule has 1 N–H and O–H groups in total. The Morgan fingerprint density at radius 3 is 2.61 bits per heavy atom. The van der Waals surface area contributed by atoms with E-state index >= 15 is 0 Å². The molecule has 0 saturated carbocycles. The summed E-state index contributed by atoms with van der Waals surface area (Å²) in [6.45, 7) is 6.03. The Morgan fingerprint density at radius 1 is 1.26 bits per heavy atom. The third-order valence-electron chi connectivity index (χ3n) is 4.68. The van der Waals surface area contributed by atoms with Gasteiger partial charge in [-0.3, -0.25) is 9.59 Å². The van der Waals surface area contributed by atoms with Crippen molar-refractivity contribution in [3.8, 4) is 0 Å². The number of benzene rings is 1. The summed E-state index contributed by atoms with van der Waals surface area (Å²) in [6, 6.07) is 7.98. The number of ether oxygens (including phenoxy) is 1. The van der Waals surface area contributed by atoms with E-state index in [1.807, 2.05) is 31.2 Å². The maximum Gasteiger partial charge on any atom is 0.315 e. The van der Waals surface area contributed by atoms with Crippen molar-refractivity contribution in [3.05, 3.63) is 58.9 Å². The molecule has 4 nitrogen and oxygen atoms in total. The number of rotatable bonds is 2. The van der Waals surface area contributed by atoms with Crippen LogP contribution in [0.2, 0.25) is 0 Å². The zero-order chi connectivity index (χ0) is 16.6. The van der Waals surface area contributed by atoms with E-state index in [0.717, 1.165) is 35.2 Å². The van der Waals surface area contributed by atoms with Gasteiger partial charge in [-0.1, -0.05) is 36.4 Å². The fourth-order valence-corrected chi connectivity index (χ4v) is 3.53. The molecule has 0 bridgehead atoms. The minimum Gasteiger partial charge on any atom is -0.468 e. The number of Topliss-reactive ketones (excluding diaryl/α,β-unsaturated/α-hetero) is 1. The number of nitrogens with one attached hydrogen (secondary N) is 1. The molecule has 0 saturated heterocycles. The van der Waals surface area contributed by atoms with E-state index in [-0.39, 0.29) is 17.7 Å². The quantitative estimate of drug-likeness (QED) is 0.853. The molecule has 120 valence electrons. The monoisotopic (exact) mass is 311 g/mol. The Balaban J connectivity index is 2.16. The van der Waals surface area contributed by atoms with Crippen LogP contribution in [0, 0.1) is 12.8 Å². The van der Waals surface area contributed by atoms with Gasteiger partial charge < -0.3 is 10.1 Å². The third kappa shape index (κ3) is 2.69. The van der Waals surface area contributed by atoms with E-state index < -0.39 is 5.92 Å². The number of methoxy groups -OCH3 is 1. The molecular weight excluding hydrogens is 290 g/mol. The van der Waals surface area contributed by atoms with Crippen LogP contribution in [-0.4, -0.2) is 18.9 Å². The number of hydrogen-bond acceptors (Lipinski definition) is 4. The molecule has 2 unspecified atom stereocenters. The number of aryl methyl sites for hydroxylation is 1. The lowest BCUT2D eigenvalue weighted by Crippen LogP contribution is -2.40. The van der Waals surface area contributed by atoms with Crippen molar-refractivity contribution in [1.29, 1.82) is 0 Å². The number of allylic oxidation sites excluding steroid dienone is 2. The van der Waals surface area contributed by atoms with Gasteiger partial charge in [0.2, 0.25) is 0 Å². The van der Waals surface area contributed by atoms with E-state index in [1.165, 1.54) is 7.11 Å². The SMILES string of the molecule is C=C1NC2=C(C(=O)CCC2)C(c2ccc(C)cc2)C1C(=O)OC. The molecule has 2 atom stereocenters. The first-order valence-corrected chi connectivity index (χ1v) is 7.89. The van der Waals surface area contributed by atoms with Gasteiger partial charge in [0, 0.05) is 29.3 Å². The molecule has 0 amide bonds. The standard InChI is InChI=1S/C19H21NO3/c1-11-7-9-13(10-8-11)17-16(19(22)23-3)12(2)20-14-5-4-6-15(21)18(14)17/h7-10,16-17,20H,2,4-6H2,1,3H3. The summed E-state index contributed by atoms with van der Waals surface area (Å²) in [7, 11) is 1.37. The molecule has 1 aromatic carbocycles. The number of hydrogen-bond donors (Lipinski definition) is 1. The van der Waals surface area contributed by atoms with Gasteiger partial charge in [-0.25, -0.2) is 0 Å². The van der Waals surface area contributed by atoms with Crippen molar-refractivity contribution in [3.63, 3.8) is 0 Å². The van der Waals surface area contributed by atoms with Crippen LogP contribution in [0.25, 0.3) is 0 Å². The van der Waals surface area contributed by atoms with Crippen LogP contribution in [0.1, 0.15) is 36.3 Å². The first-order chi connectivity index (χ1) is 11.0. The van der Waals surface area contributed by atoms with Gasteiger partial charge in [0.25, 0.3) is 0 Å². The average molecular weight is 311 g/mol. The minimum atomic E-state index is -0.580. The topological polar surface area (TPSA) is 55.4 Å². The van der Waals surface area contributed by atoms with Crippen molar-refractivity contribution in [2.45, 2.75) is 32.1 Å². The second-order valence-electron chi connectivity index (χ2n) is 6.21. The molecule has 3 rings (SSSR count). The van der Waals surface area contributed by atoms with Crippen LogP contribution >= 0.6 is 0 Å². The molecule has 1 aromatic rings. The molecule has 2 aliphatic rings. The Hall–Kier alpha value is -2.36. The normalized spacial score (nSPS) is 24.1. The van der Waals surface area contributed by atoms with E-state index in [1.54, 1.807) is 0 Å². The zero-order valence-corrected chi connectivity index (χ0v) is 13.5. The van der Waals surface area contributed by atoms with Gasteiger partial charge in [0.05, 0.1) is 7.11 Å². The lowest BCUT2D eigenvalue weighted by molar-refractivity contribution is -0.144. The van der Waals surface area contributed by atoms with E-state index in [0.29, 0.717) is 12.1 Å². The Bertz CT molecular complexity index is 700. The molecule has 23 heavy (non-hydrogen) atoms. The molecular formula is C19H21NO3. The number of carbonyl (C=O) groups is 2. The van der Waals surface area contributed by atoms with Crippen molar-refractivity contribution in [2.75, 3.05) is 7.11 Å². The van der Waals surface area contributed by atoms with Crippen LogP contribution in [-0.2, 0) is 14.3 Å². The Kier molecular flexibility index (Phi) is 4.07. The van der Waals surface area contributed by atoms with Gasteiger partial charge in [0.15, 0.2) is 5.78 Å². The summed E-state index contributed by atoms with van der Waals surface area (Å²) in [5, 5.41) is 3.19. The molecule has 0 aromatic heterocycles. The summed E-state index contributed by atoms with van der Waals surface area (Å²) in [4.78, 5) is 24.9. The highest BCUT2D eigenvalue weighted by Crippen LogP contribution is 2.44. The lowest BCUT2D eigenvalue weighted by atomic mass is 9.71. The number of esters is 1. The van der Waals surface area contributed by atoms with Crippen LogP contribution in [0.5, 0.6) is 0 Å². The molecule has 0 radical (unpaired) electrons. The Labute approximate surface area is 136 Å². The van der Waals surface area contributed by atoms with Crippen molar-refractivity contribution in [2.24, 2.45) is 5.92 Å². The highest BCUT2D eigenvalue weighted by Gasteiger charge is 2.43. The van der Waals surface area contributed by atoms with E-state index in [4.69, 9.17) is 4.74 Å². The van der Waals surface area contributed by atoms with Crippen molar-refractivity contribution >= 4 is 11.8 Å². The summed E-state index contributed by atoms with van der Waals surface area (Å²) < 4.78 is 4.98. The van der Waals surface area contributed by atoms with Gasteiger partial charge in [-0.15, -0.1) is 0 Å². The first kappa shape index (κ1) is 15.5. The van der Waals surface area contributed by atoms with Gasteiger partial charge >= 0.3 is 5.97 Å². The zero-order valence-electron chi connectivity index (χ0n) is 13.5. The highest BCUT2D eigenvalue weighted by molar-refractivity contribution is 6.00. The molecule has 1 aliphatic carbocycles. The van der Waals surface area contributed by atoms with Gasteiger partial charge in [-0.05, 0) is 25.3 Å². The number of carbonyl (C=O) groups excluding carboxylic acids is 2. The molecule has 1 aliphatic heterocycles. The second kappa shape index (κ2) is 6.03. The van der Waals surface area contributed by atoms with Gasteiger partial charge in [-0.2, -0.15) is 0 Å². The summed E-state index contributed by atoms with van der Waals surface area (Å²) >= 11 is 0. The smallest absolute Gasteiger partial charge is 0.315 e. The van der Waals surface area contributed by atoms with Crippen LogP contribution in [0.4, 0.5) is 0 Å². The lowest BCUT2D eigenvalue weighted by Gasteiger charge is -2.38. The van der Waals surface area contributed by atoms with Crippen LogP contribution in [0.3, 0.4) is 0 Å². The van der Waals surface area contributed by atoms with Crippen LogP contribution in [0.15, 0.2) is 47.8 Å². The average Bonchev–Trinajstić information content (AvgIpc) is 2.54.